The maximum absolute atomic E-state index is 9.44. The number of nitrogens with zero attached hydrogens (tertiary/aromatic N) is 2. The monoisotopic (exact) mass is 314 g/mol. The topological polar surface area (TPSA) is 27.0 Å². The lowest BCUT2D eigenvalue weighted by atomic mass is 10.0. The number of thiophene rings is 1. The Bertz CT molecular complexity index is 569. The lowest BCUT2D eigenvalue weighted by Crippen LogP contribution is -2.32. The third-order valence-electron chi connectivity index (χ3n) is 3.44. The Labute approximate surface area is 139 Å². The quantitative estimate of drug-likeness (QED) is 0.739. The second kappa shape index (κ2) is 10.2. The average molecular weight is 314 g/mol. The van der Waals surface area contributed by atoms with Crippen LogP contribution in [0.5, 0.6) is 0 Å². The van der Waals surface area contributed by atoms with Gasteiger partial charge in [0.05, 0.1) is 6.07 Å². The predicted molar refractivity (Wildman–Crippen MR) is 95.9 cm³/mol. The van der Waals surface area contributed by atoms with Crippen molar-refractivity contribution in [3.05, 3.63) is 57.8 Å². The van der Waals surface area contributed by atoms with E-state index in [2.05, 4.69) is 22.4 Å². The second-order valence-electron chi connectivity index (χ2n) is 4.53. The molecule has 3 rings (SSSR count). The summed E-state index contributed by atoms with van der Waals surface area (Å²) < 4.78 is 0. The van der Waals surface area contributed by atoms with E-state index in [0.29, 0.717) is 0 Å². The molecule has 1 atom stereocenters. The molecule has 0 bridgehead atoms. The molecule has 3 heteroatoms. The van der Waals surface area contributed by atoms with Crippen LogP contribution in [0.25, 0.3) is 0 Å². The van der Waals surface area contributed by atoms with Gasteiger partial charge in [0.1, 0.15) is 6.04 Å². The van der Waals surface area contributed by atoms with Gasteiger partial charge in [-0.3, -0.25) is 4.90 Å². The van der Waals surface area contributed by atoms with Crippen LogP contribution < -0.4 is 0 Å². The smallest absolute Gasteiger partial charge is 0.124 e. The molecule has 1 aliphatic rings. The highest BCUT2D eigenvalue weighted by Crippen LogP contribution is 2.29. The van der Waals surface area contributed by atoms with Gasteiger partial charge in [-0.1, -0.05) is 58.0 Å². The van der Waals surface area contributed by atoms with E-state index in [-0.39, 0.29) is 6.04 Å². The van der Waals surface area contributed by atoms with E-state index in [1.807, 2.05) is 69.4 Å². The summed E-state index contributed by atoms with van der Waals surface area (Å²) in [7, 11) is 0. The second-order valence-corrected chi connectivity index (χ2v) is 5.53. The molecule has 1 unspecified atom stereocenters. The third kappa shape index (κ3) is 4.43. The van der Waals surface area contributed by atoms with Crippen molar-refractivity contribution in [2.75, 3.05) is 6.54 Å². The molecule has 2 aromatic rings. The Balaban J connectivity index is 0.000000561. The van der Waals surface area contributed by atoms with E-state index < -0.39 is 0 Å². The molecule has 0 N–H and O–H groups in total. The van der Waals surface area contributed by atoms with E-state index in [1.54, 1.807) is 0 Å². The number of rotatable bonds is 2. The molecule has 22 heavy (non-hydrogen) atoms. The lowest BCUT2D eigenvalue weighted by Gasteiger charge is -2.30. The van der Waals surface area contributed by atoms with Gasteiger partial charge >= 0.3 is 0 Å². The van der Waals surface area contributed by atoms with Gasteiger partial charge in [-0.05, 0) is 29.0 Å². The molecule has 0 saturated heterocycles. The summed E-state index contributed by atoms with van der Waals surface area (Å²) in [4.78, 5) is 3.75. The summed E-state index contributed by atoms with van der Waals surface area (Å²) >= 11 is 1.83. The van der Waals surface area contributed by atoms with E-state index in [4.69, 9.17) is 0 Å². The van der Waals surface area contributed by atoms with Crippen LogP contribution in [-0.2, 0) is 13.0 Å². The van der Waals surface area contributed by atoms with Crippen LogP contribution in [0.3, 0.4) is 0 Å². The van der Waals surface area contributed by atoms with Gasteiger partial charge in [0.15, 0.2) is 0 Å². The zero-order valence-corrected chi connectivity index (χ0v) is 14.9. The molecule has 1 aromatic heterocycles. The largest absolute Gasteiger partial charge is 0.280 e. The van der Waals surface area contributed by atoms with Gasteiger partial charge in [-0.15, -0.1) is 11.3 Å². The molecular weight excluding hydrogens is 288 g/mol. The van der Waals surface area contributed by atoms with Crippen molar-refractivity contribution in [1.29, 1.82) is 5.26 Å². The third-order valence-corrected chi connectivity index (χ3v) is 4.46. The highest BCUT2D eigenvalue weighted by Gasteiger charge is 2.24. The summed E-state index contributed by atoms with van der Waals surface area (Å²) in [6.45, 7) is 9.87. The van der Waals surface area contributed by atoms with Gasteiger partial charge < -0.3 is 0 Å². The summed E-state index contributed by atoms with van der Waals surface area (Å²) in [5, 5.41) is 11.6. The molecule has 2 nitrogen and oxygen atoms in total. The lowest BCUT2D eigenvalue weighted by molar-refractivity contribution is 0.218. The molecule has 0 aliphatic carbocycles. The van der Waals surface area contributed by atoms with Crippen LogP contribution in [0.2, 0.25) is 0 Å². The predicted octanol–water partition coefficient (Wildman–Crippen LogP) is 5.42. The first-order valence-electron chi connectivity index (χ1n) is 8.12. The van der Waals surface area contributed by atoms with Gasteiger partial charge in [0, 0.05) is 18.0 Å². The minimum absolute atomic E-state index is 0.126. The van der Waals surface area contributed by atoms with Crippen LogP contribution in [-0.4, -0.2) is 11.4 Å². The zero-order chi connectivity index (χ0) is 16.4. The van der Waals surface area contributed by atoms with E-state index in [0.717, 1.165) is 25.1 Å². The molecule has 1 aliphatic heterocycles. The molecule has 0 amide bonds. The Morgan fingerprint density at radius 3 is 2.41 bits per heavy atom. The Morgan fingerprint density at radius 1 is 1.09 bits per heavy atom. The van der Waals surface area contributed by atoms with Crippen LogP contribution in [0, 0.1) is 11.3 Å². The van der Waals surface area contributed by atoms with Crippen molar-refractivity contribution in [2.45, 2.75) is 46.7 Å². The highest BCUT2D eigenvalue weighted by molar-refractivity contribution is 7.10. The van der Waals surface area contributed by atoms with Crippen molar-refractivity contribution in [1.82, 2.24) is 4.90 Å². The molecule has 0 fully saturated rings. The Hall–Kier alpha value is -1.63. The first-order valence-corrected chi connectivity index (χ1v) is 9.00. The number of nitriles is 1. The van der Waals surface area contributed by atoms with Gasteiger partial charge in [0.2, 0.25) is 0 Å². The van der Waals surface area contributed by atoms with E-state index in [1.165, 1.54) is 10.4 Å². The maximum Gasteiger partial charge on any atom is 0.124 e. The van der Waals surface area contributed by atoms with Gasteiger partial charge in [-0.2, -0.15) is 5.26 Å². The summed E-state index contributed by atoms with van der Waals surface area (Å²) in [5.41, 5.74) is 2.49. The van der Waals surface area contributed by atoms with Crippen LogP contribution in [0.1, 0.15) is 49.7 Å². The van der Waals surface area contributed by atoms with Crippen molar-refractivity contribution in [3.8, 4) is 6.07 Å². The van der Waals surface area contributed by atoms with Crippen LogP contribution in [0.15, 0.2) is 41.8 Å². The summed E-state index contributed by atoms with van der Waals surface area (Å²) in [5.74, 6) is 0. The number of benzene rings is 1. The van der Waals surface area contributed by atoms with E-state index >= 15 is 0 Å². The minimum Gasteiger partial charge on any atom is -0.280 e. The van der Waals surface area contributed by atoms with Crippen molar-refractivity contribution < 1.29 is 0 Å². The fraction of sp³-hybridized carbons (Fsp3) is 0.421. The van der Waals surface area contributed by atoms with Crippen molar-refractivity contribution in [3.63, 3.8) is 0 Å². The molecule has 2 heterocycles. The molecular formula is C19H26N2S. The first-order chi connectivity index (χ1) is 10.9. The molecule has 1 aromatic carbocycles. The molecule has 0 spiro atoms. The average Bonchev–Trinajstić information content (AvgIpc) is 3.08. The SMILES string of the molecule is CC.CC.N#CC(c1ccccc1)N1CCc2sccc2C1. The first kappa shape index (κ1) is 18.4. The van der Waals surface area contributed by atoms with E-state index in [9.17, 15) is 5.26 Å². The standard InChI is InChI=1S/C15H14N2S.2C2H6/c16-10-14(12-4-2-1-3-5-12)17-8-6-15-13(11-17)7-9-18-15;2*1-2/h1-5,7,9,14H,6,8,11H2;2*1-2H3. The summed E-state index contributed by atoms with van der Waals surface area (Å²) in [6.07, 6.45) is 1.07. The number of hydrogen-bond acceptors (Lipinski definition) is 3. The van der Waals surface area contributed by atoms with Gasteiger partial charge in [0.25, 0.3) is 0 Å². The Kier molecular flexibility index (Phi) is 8.50. The summed E-state index contributed by atoms with van der Waals surface area (Å²) in [6, 6.07) is 14.6. The van der Waals surface area contributed by atoms with Crippen molar-refractivity contribution in [2.24, 2.45) is 0 Å². The maximum atomic E-state index is 9.44. The molecule has 118 valence electrons. The molecule has 0 radical (unpaired) electrons. The Morgan fingerprint density at radius 2 is 1.77 bits per heavy atom. The normalized spacial score (nSPS) is 14.3. The minimum atomic E-state index is -0.126. The van der Waals surface area contributed by atoms with Gasteiger partial charge in [-0.25, -0.2) is 0 Å². The fourth-order valence-electron chi connectivity index (χ4n) is 2.49. The number of fused-ring (bicyclic) bond motifs is 1. The highest BCUT2D eigenvalue weighted by atomic mass is 32.1. The molecule has 0 saturated carbocycles. The van der Waals surface area contributed by atoms with Crippen LogP contribution >= 0.6 is 11.3 Å². The van der Waals surface area contributed by atoms with Crippen LogP contribution in [0.4, 0.5) is 0 Å². The zero-order valence-electron chi connectivity index (χ0n) is 14.0. The fourth-order valence-corrected chi connectivity index (χ4v) is 3.38. The van der Waals surface area contributed by atoms with Crippen molar-refractivity contribution >= 4 is 11.3 Å². The number of hydrogen-bond donors (Lipinski definition) is 0.